The summed E-state index contributed by atoms with van der Waals surface area (Å²) in [4.78, 5) is 51.1. The molecule has 47 heavy (non-hydrogen) atoms. The van der Waals surface area contributed by atoms with E-state index >= 15 is 0 Å². The first kappa shape index (κ1) is 41.8. The Labute approximate surface area is 354 Å². The molecule has 1 aliphatic rings. The molecule has 1 aromatic heterocycles. The van der Waals surface area contributed by atoms with Crippen LogP contribution in [0.4, 0.5) is 5.69 Å². The van der Waals surface area contributed by atoms with Crippen LogP contribution >= 0.6 is 0 Å². The van der Waals surface area contributed by atoms with Crippen molar-refractivity contribution < 1.29 is 153 Å². The summed E-state index contributed by atoms with van der Waals surface area (Å²) in [7, 11) is -9.48. The van der Waals surface area contributed by atoms with Gasteiger partial charge in [0.2, 0.25) is 0 Å². The molecule has 0 aliphatic carbocycles. The number of benzene rings is 2. The normalized spacial score (nSPS) is 14.6. The average molecular weight is 741 g/mol. The summed E-state index contributed by atoms with van der Waals surface area (Å²) in [5.74, 6) is -3.48. The fourth-order valence-electron chi connectivity index (χ4n) is 4.58. The molecule has 3 aromatic rings. The summed E-state index contributed by atoms with van der Waals surface area (Å²) in [6.45, 7) is 3.11. The standard InChI is InChI=1S/C27H28N4O12S2.2K/c1-3-42-26(34)22-20(24(32)30(28-22)16-8-12-18(13-9-16)44(36,37)38)6-5-7-21-23(27(35)43-4-2)29-31(25(21)33)17-10-14-19(15-11-17)45(39,40)41;;/h8-15,20,29H,3-7H2,1-2H3,(H,36,37,38)(H,39,40,41);;/q;2*+1/p-2. The van der Waals surface area contributed by atoms with Crippen LogP contribution < -0.4 is 113 Å². The molecular weight excluding hydrogens is 715 g/mol. The molecular formula is C27H26K2N4O12S2. The van der Waals surface area contributed by atoms with Crippen molar-refractivity contribution in [3.8, 4) is 5.69 Å². The summed E-state index contributed by atoms with van der Waals surface area (Å²) >= 11 is 0. The number of nitrogens with zero attached hydrogens (tertiary/aromatic N) is 3. The topological polar surface area (TPSA) is 237 Å². The second-order valence-corrected chi connectivity index (χ2v) is 12.3. The Morgan fingerprint density at radius 3 is 1.81 bits per heavy atom. The number of aromatic nitrogens is 2. The molecule has 1 aliphatic heterocycles. The van der Waals surface area contributed by atoms with Crippen molar-refractivity contribution in [1.29, 1.82) is 0 Å². The molecule has 0 saturated carbocycles. The van der Waals surface area contributed by atoms with Gasteiger partial charge in [0.25, 0.3) is 11.5 Å². The van der Waals surface area contributed by atoms with E-state index in [2.05, 4.69) is 10.2 Å². The minimum absolute atomic E-state index is 0. The largest absolute Gasteiger partial charge is 1.00 e. The van der Waals surface area contributed by atoms with Crippen LogP contribution in [0.3, 0.4) is 0 Å². The zero-order valence-electron chi connectivity index (χ0n) is 25.8. The molecule has 0 radical (unpaired) electrons. The van der Waals surface area contributed by atoms with E-state index in [0.717, 1.165) is 34.0 Å². The van der Waals surface area contributed by atoms with Crippen molar-refractivity contribution in [2.24, 2.45) is 11.0 Å². The van der Waals surface area contributed by atoms with Gasteiger partial charge in [0.05, 0.1) is 45.9 Å². The summed E-state index contributed by atoms with van der Waals surface area (Å²) in [6, 6.07) is 8.79. The molecule has 0 spiro atoms. The first-order valence-electron chi connectivity index (χ1n) is 13.4. The van der Waals surface area contributed by atoms with E-state index in [1.165, 1.54) is 24.3 Å². The predicted molar refractivity (Wildman–Crippen MR) is 153 cm³/mol. The number of H-pyrrole nitrogens is 1. The maximum Gasteiger partial charge on any atom is 1.00 e. The summed E-state index contributed by atoms with van der Waals surface area (Å²) in [5.41, 5.74) is -0.894. The first-order chi connectivity index (χ1) is 21.2. The van der Waals surface area contributed by atoms with Gasteiger partial charge in [0.15, 0.2) is 5.71 Å². The summed E-state index contributed by atoms with van der Waals surface area (Å²) < 4.78 is 78.7. The van der Waals surface area contributed by atoms with Crippen LogP contribution in [0.2, 0.25) is 0 Å². The van der Waals surface area contributed by atoms with Gasteiger partial charge in [-0.3, -0.25) is 14.7 Å². The van der Waals surface area contributed by atoms with Crippen molar-refractivity contribution in [2.75, 3.05) is 18.2 Å². The second-order valence-electron chi connectivity index (χ2n) is 9.52. The molecule has 20 heteroatoms. The van der Waals surface area contributed by atoms with E-state index in [9.17, 15) is 45.1 Å². The minimum Gasteiger partial charge on any atom is -0.744 e. The molecule has 1 atom stereocenters. The van der Waals surface area contributed by atoms with Crippen LogP contribution in [0.25, 0.3) is 5.69 Å². The molecule has 0 bridgehead atoms. The number of anilines is 1. The number of carbonyl (C=O) groups excluding carboxylic acids is 3. The predicted octanol–water partition coefficient (Wildman–Crippen LogP) is -4.94. The maximum atomic E-state index is 13.4. The smallest absolute Gasteiger partial charge is 0.744 e. The maximum absolute atomic E-state index is 13.4. The Morgan fingerprint density at radius 2 is 1.32 bits per heavy atom. The number of carbonyl (C=O) groups is 3. The van der Waals surface area contributed by atoms with Gasteiger partial charge in [0, 0.05) is 0 Å². The van der Waals surface area contributed by atoms with Gasteiger partial charge < -0.3 is 18.6 Å². The van der Waals surface area contributed by atoms with E-state index < -0.39 is 59.4 Å². The van der Waals surface area contributed by atoms with Crippen molar-refractivity contribution in [3.63, 3.8) is 0 Å². The van der Waals surface area contributed by atoms with Crippen molar-refractivity contribution in [2.45, 2.75) is 42.9 Å². The number of hydrazone groups is 1. The van der Waals surface area contributed by atoms with Crippen molar-refractivity contribution in [3.05, 3.63) is 70.1 Å². The van der Waals surface area contributed by atoms with Gasteiger partial charge in [-0.05, 0) is 81.6 Å². The number of rotatable bonds is 12. The Morgan fingerprint density at radius 1 is 0.830 bits per heavy atom. The molecule has 1 N–H and O–H groups in total. The Balaban J connectivity index is 0.00000384. The number of esters is 2. The van der Waals surface area contributed by atoms with E-state index in [1.807, 2.05) is 0 Å². The van der Waals surface area contributed by atoms with Crippen LogP contribution in [-0.4, -0.2) is 72.5 Å². The van der Waals surface area contributed by atoms with Crippen LogP contribution in [0.1, 0.15) is 42.7 Å². The molecule has 16 nitrogen and oxygen atoms in total. The van der Waals surface area contributed by atoms with Crippen LogP contribution in [0.15, 0.2) is 68.2 Å². The number of hydrogen-bond donors (Lipinski definition) is 1. The Bertz CT molecular complexity index is 1940. The Kier molecular flexibility index (Phi) is 15.6. The third-order valence-electron chi connectivity index (χ3n) is 6.67. The molecule has 240 valence electrons. The molecule has 2 heterocycles. The van der Waals surface area contributed by atoms with Gasteiger partial charge in [-0.1, -0.05) is 0 Å². The monoisotopic (exact) mass is 740 g/mol. The molecule has 0 saturated heterocycles. The number of nitrogens with one attached hydrogen (secondary N) is 1. The van der Waals surface area contributed by atoms with Gasteiger partial charge in [-0.2, -0.15) is 10.1 Å². The van der Waals surface area contributed by atoms with Crippen LogP contribution in [-0.2, 0) is 45.7 Å². The molecule has 1 unspecified atom stereocenters. The molecule has 1 amide bonds. The minimum atomic E-state index is -4.74. The van der Waals surface area contributed by atoms with Gasteiger partial charge in [-0.25, -0.2) is 31.1 Å². The third kappa shape index (κ3) is 9.87. The summed E-state index contributed by atoms with van der Waals surface area (Å²) in [5, 5.41) is 7.63. The quantitative estimate of drug-likeness (QED) is 0.104. The van der Waals surface area contributed by atoms with Crippen LogP contribution in [0.5, 0.6) is 0 Å². The van der Waals surface area contributed by atoms with E-state index in [0.29, 0.717) is 0 Å². The van der Waals surface area contributed by atoms with Gasteiger partial charge in [0.1, 0.15) is 25.9 Å². The average Bonchev–Trinajstić information content (AvgIpc) is 3.49. The van der Waals surface area contributed by atoms with Gasteiger partial charge in [-0.15, -0.1) is 0 Å². The zero-order chi connectivity index (χ0) is 33.1. The zero-order valence-corrected chi connectivity index (χ0v) is 33.7. The van der Waals surface area contributed by atoms with E-state index in [4.69, 9.17) is 9.47 Å². The number of ether oxygens (including phenoxy) is 2. The van der Waals surface area contributed by atoms with Crippen molar-refractivity contribution >= 4 is 49.5 Å². The first-order valence-corrected chi connectivity index (χ1v) is 16.2. The number of aromatic amines is 1. The number of amides is 1. The van der Waals surface area contributed by atoms with Crippen LogP contribution in [0, 0.1) is 5.92 Å². The second kappa shape index (κ2) is 17.5. The third-order valence-corrected chi connectivity index (χ3v) is 8.37. The summed E-state index contributed by atoms with van der Waals surface area (Å²) in [6.07, 6.45) is -0.00864. The molecule has 2 aromatic carbocycles. The SMILES string of the molecule is CCOC(=O)C1=NN(c2ccc(S(=O)(=O)[O-])cc2)C(=O)C1CCCc1c(C(=O)OCC)[nH]n(-c2ccc(S(=O)(=O)[O-])cc2)c1=O.[K+].[K+]. The van der Waals surface area contributed by atoms with E-state index in [-0.39, 0.29) is 164 Å². The fourth-order valence-corrected chi connectivity index (χ4v) is 5.52. The molecule has 0 fully saturated rings. The fraction of sp³-hybridized carbons (Fsp3) is 0.296. The van der Waals surface area contributed by atoms with Gasteiger partial charge >= 0.3 is 115 Å². The van der Waals surface area contributed by atoms with Crippen molar-refractivity contribution in [1.82, 2.24) is 9.78 Å². The Hall–Kier alpha value is -1.38. The number of hydrogen-bond acceptors (Lipinski definition) is 13. The molecule has 4 rings (SSSR count). The van der Waals surface area contributed by atoms with E-state index in [1.54, 1.807) is 13.8 Å².